The van der Waals surface area contributed by atoms with Crippen LogP contribution in [0.4, 0.5) is 4.79 Å². The zero-order valence-electron chi connectivity index (χ0n) is 14.0. The average Bonchev–Trinajstić information content (AvgIpc) is 3.22. The number of benzene rings is 1. The van der Waals surface area contributed by atoms with E-state index in [1.54, 1.807) is 30.3 Å². The van der Waals surface area contributed by atoms with Crippen molar-refractivity contribution in [3.05, 3.63) is 52.6 Å². The van der Waals surface area contributed by atoms with Gasteiger partial charge in [0.15, 0.2) is 0 Å². The number of ether oxygens (including phenoxy) is 1. The van der Waals surface area contributed by atoms with Gasteiger partial charge >= 0.3 is 11.9 Å². The third-order valence-corrected chi connectivity index (χ3v) is 4.62. The van der Waals surface area contributed by atoms with E-state index < -0.39 is 29.6 Å². The zero-order valence-corrected chi connectivity index (χ0v) is 14.8. The van der Waals surface area contributed by atoms with Crippen LogP contribution in [-0.2, 0) is 14.3 Å². The van der Waals surface area contributed by atoms with Crippen LogP contribution in [0.3, 0.4) is 0 Å². The van der Waals surface area contributed by atoms with Gasteiger partial charge in [0, 0.05) is 11.6 Å². The van der Waals surface area contributed by atoms with Gasteiger partial charge in [-0.1, -0.05) is 18.2 Å². The number of carbonyl (C=O) groups is 4. The Labute approximate surface area is 157 Å². The van der Waals surface area contributed by atoms with Crippen LogP contribution in [-0.4, -0.2) is 46.7 Å². The van der Waals surface area contributed by atoms with E-state index in [1.165, 1.54) is 12.1 Å². The number of carboxylic acid groups (broad SMARTS) is 1. The molecular weight excluding hydrogens is 374 g/mol. The van der Waals surface area contributed by atoms with E-state index in [0.29, 0.717) is 23.1 Å². The van der Waals surface area contributed by atoms with Gasteiger partial charge in [-0.3, -0.25) is 19.3 Å². The number of carbonyl (C=O) groups excluding carboxylic acids is 3. The topological polar surface area (TPSA) is 114 Å². The summed E-state index contributed by atoms with van der Waals surface area (Å²) in [6.45, 7) is -0.464. The van der Waals surface area contributed by atoms with E-state index in [0.717, 1.165) is 12.0 Å². The van der Waals surface area contributed by atoms with E-state index in [9.17, 15) is 24.3 Å². The highest BCUT2D eigenvalue weighted by atomic mass is 32.2. The normalized spacial score (nSPS) is 15.4. The molecule has 1 aliphatic rings. The molecular formula is C18H13NO7S. The molecule has 2 aromatic rings. The molecule has 1 aromatic carbocycles. The first-order valence-electron chi connectivity index (χ1n) is 7.65. The molecule has 0 aliphatic carbocycles. The molecule has 9 heteroatoms. The summed E-state index contributed by atoms with van der Waals surface area (Å²) in [4.78, 5) is 47.7. The molecule has 0 spiro atoms. The van der Waals surface area contributed by atoms with Crippen LogP contribution < -0.4 is 0 Å². The summed E-state index contributed by atoms with van der Waals surface area (Å²) in [6, 6.07) is 9.49. The molecule has 1 aliphatic heterocycles. The molecule has 1 aromatic heterocycles. The van der Waals surface area contributed by atoms with Gasteiger partial charge < -0.3 is 14.3 Å². The molecule has 0 bridgehead atoms. The number of imide groups is 1. The van der Waals surface area contributed by atoms with Crippen LogP contribution in [0, 0.1) is 0 Å². The maximum absolute atomic E-state index is 12.3. The van der Waals surface area contributed by atoms with Crippen molar-refractivity contribution < 1.29 is 33.4 Å². The Balaban J connectivity index is 1.86. The zero-order chi connectivity index (χ0) is 19.6. The van der Waals surface area contributed by atoms with Crippen LogP contribution in [0.25, 0.3) is 17.4 Å². The molecule has 0 saturated carbocycles. The van der Waals surface area contributed by atoms with E-state index in [1.807, 2.05) is 0 Å². The highest BCUT2D eigenvalue weighted by molar-refractivity contribution is 8.18. The molecule has 1 N–H and O–H groups in total. The first kappa shape index (κ1) is 18.5. The lowest BCUT2D eigenvalue weighted by Gasteiger charge is -2.09. The Morgan fingerprint density at radius 1 is 1.22 bits per heavy atom. The second kappa shape index (κ2) is 7.50. The minimum atomic E-state index is -1.09. The fraction of sp³-hybridized carbons (Fsp3) is 0.111. The molecule has 0 atom stereocenters. The molecule has 0 radical (unpaired) electrons. The number of rotatable bonds is 5. The van der Waals surface area contributed by atoms with E-state index in [-0.39, 0.29) is 16.2 Å². The summed E-state index contributed by atoms with van der Waals surface area (Å²) >= 11 is 0.679. The van der Waals surface area contributed by atoms with Gasteiger partial charge in [-0.25, -0.2) is 4.79 Å². The SMILES string of the molecule is COC(=O)CN1C(=O)S/C(=C\c2ccc(-c3ccccc3C(=O)O)o2)C1=O. The van der Waals surface area contributed by atoms with E-state index in [4.69, 9.17) is 4.42 Å². The summed E-state index contributed by atoms with van der Waals surface area (Å²) < 4.78 is 10.1. The standard InChI is InChI=1S/C18H13NO7S/c1-25-15(20)9-19-16(21)14(27-18(19)24)8-10-6-7-13(26-10)11-4-2-3-5-12(11)17(22)23/h2-8H,9H2,1H3,(H,22,23)/b14-8-. The lowest BCUT2D eigenvalue weighted by Crippen LogP contribution is -2.34. The number of hydrogen-bond donors (Lipinski definition) is 1. The molecule has 8 nitrogen and oxygen atoms in total. The molecule has 138 valence electrons. The Morgan fingerprint density at radius 3 is 2.67 bits per heavy atom. The molecule has 1 fully saturated rings. The second-order valence-corrected chi connectivity index (χ2v) is 6.39. The number of methoxy groups -OCH3 is 1. The third kappa shape index (κ3) is 3.77. The predicted molar refractivity (Wildman–Crippen MR) is 95.8 cm³/mol. The van der Waals surface area contributed by atoms with Crippen LogP contribution in [0.1, 0.15) is 16.1 Å². The first-order chi connectivity index (χ1) is 12.9. The average molecular weight is 387 g/mol. The van der Waals surface area contributed by atoms with Crippen LogP contribution in [0.5, 0.6) is 0 Å². The quantitative estimate of drug-likeness (QED) is 0.615. The summed E-state index contributed by atoms with van der Waals surface area (Å²) in [7, 11) is 1.16. The third-order valence-electron chi connectivity index (χ3n) is 3.71. The summed E-state index contributed by atoms with van der Waals surface area (Å²) in [5, 5.41) is 8.68. The van der Waals surface area contributed by atoms with Crippen molar-refractivity contribution in [2.24, 2.45) is 0 Å². The lowest BCUT2D eigenvalue weighted by molar-refractivity contribution is -0.143. The smallest absolute Gasteiger partial charge is 0.336 e. The molecule has 1 saturated heterocycles. The number of amides is 2. The van der Waals surface area contributed by atoms with Gasteiger partial charge in [0.2, 0.25) is 0 Å². The fourth-order valence-electron chi connectivity index (χ4n) is 2.42. The molecule has 2 amide bonds. The van der Waals surface area contributed by atoms with Gasteiger partial charge in [-0.2, -0.15) is 0 Å². The monoisotopic (exact) mass is 387 g/mol. The summed E-state index contributed by atoms with van der Waals surface area (Å²) in [5.41, 5.74) is 0.472. The number of carboxylic acids is 1. The fourth-order valence-corrected chi connectivity index (χ4v) is 3.24. The Morgan fingerprint density at radius 2 is 1.96 bits per heavy atom. The number of nitrogens with zero attached hydrogens (tertiary/aromatic N) is 1. The first-order valence-corrected chi connectivity index (χ1v) is 8.47. The minimum absolute atomic E-state index is 0.0804. The largest absolute Gasteiger partial charge is 0.478 e. The lowest BCUT2D eigenvalue weighted by atomic mass is 10.1. The van der Waals surface area contributed by atoms with Crippen LogP contribution in [0.15, 0.2) is 45.7 Å². The Hall–Kier alpha value is -3.33. The molecule has 2 heterocycles. The van der Waals surface area contributed by atoms with Gasteiger partial charge in [0.05, 0.1) is 17.6 Å². The van der Waals surface area contributed by atoms with E-state index >= 15 is 0 Å². The van der Waals surface area contributed by atoms with Crippen molar-refractivity contribution in [1.29, 1.82) is 0 Å². The maximum atomic E-state index is 12.3. The number of aromatic carboxylic acids is 1. The van der Waals surface area contributed by atoms with Gasteiger partial charge in [-0.05, 0) is 30.0 Å². The van der Waals surface area contributed by atoms with Crippen molar-refractivity contribution in [2.75, 3.05) is 13.7 Å². The van der Waals surface area contributed by atoms with Gasteiger partial charge in [-0.15, -0.1) is 0 Å². The van der Waals surface area contributed by atoms with Crippen molar-refractivity contribution >= 4 is 40.9 Å². The van der Waals surface area contributed by atoms with Crippen molar-refractivity contribution in [2.45, 2.75) is 0 Å². The number of furan rings is 1. The highest BCUT2D eigenvalue weighted by Gasteiger charge is 2.36. The van der Waals surface area contributed by atoms with Gasteiger partial charge in [0.1, 0.15) is 18.1 Å². The Bertz CT molecular complexity index is 976. The van der Waals surface area contributed by atoms with Crippen LogP contribution in [0.2, 0.25) is 0 Å². The minimum Gasteiger partial charge on any atom is -0.478 e. The van der Waals surface area contributed by atoms with Crippen molar-refractivity contribution in [1.82, 2.24) is 4.90 Å². The number of hydrogen-bond acceptors (Lipinski definition) is 7. The number of esters is 1. The van der Waals surface area contributed by atoms with Gasteiger partial charge in [0.25, 0.3) is 11.1 Å². The molecule has 27 heavy (non-hydrogen) atoms. The van der Waals surface area contributed by atoms with Crippen molar-refractivity contribution in [3.8, 4) is 11.3 Å². The number of thioether (sulfide) groups is 1. The van der Waals surface area contributed by atoms with Crippen LogP contribution >= 0.6 is 11.8 Å². The molecule has 0 unspecified atom stereocenters. The summed E-state index contributed by atoms with van der Waals surface area (Å²) in [5.74, 6) is -1.84. The Kier molecular flexibility index (Phi) is 5.13. The van der Waals surface area contributed by atoms with E-state index in [2.05, 4.69) is 4.74 Å². The maximum Gasteiger partial charge on any atom is 0.336 e. The highest BCUT2D eigenvalue weighted by Crippen LogP contribution is 2.33. The molecule has 3 rings (SSSR count). The second-order valence-electron chi connectivity index (χ2n) is 5.40. The predicted octanol–water partition coefficient (Wildman–Crippen LogP) is 2.85. The summed E-state index contributed by atoms with van der Waals surface area (Å²) in [6.07, 6.45) is 1.37. The van der Waals surface area contributed by atoms with Crippen molar-refractivity contribution in [3.63, 3.8) is 0 Å².